The van der Waals surface area contributed by atoms with E-state index in [1.54, 1.807) is 70.6 Å². The van der Waals surface area contributed by atoms with Gasteiger partial charge in [-0.1, -0.05) is 62.4 Å². The molecule has 0 saturated carbocycles. The monoisotopic (exact) mass is 1890 g/mol. The number of aliphatic carboxylic acids is 6. The van der Waals surface area contributed by atoms with Gasteiger partial charge in [0.25, 0.3) is 17.7 Å². The van der Waals surface area contributed by atoms with Gasteiger partial charge in [-0.2, -0.15) is 0 Å². The van der Waals surface area contributed by atoms with Gasteiger partial charge in [0, 0.05) is 127 Å². The Bertz CT molecular complexity index is 4640. The van der Waals surface area contributed by atoms with E-state index in [-0.39, 0.29) is 129 Å². The molecule has 0 radical (unpaired) electrons. The van der Waals surface area contributed by atoms with Crippen molar-refractivity contribution in [2.75, 3.05) is 98.2 Å². The molecule has 52 heteroatoms. The molecule has 0 aliphatic carbocycles. The van der Waals surface area contributed by atoms with Crippen molar-refractivity contribution >= 4 is 167 Å². The summed E-state index contributed by atoms with van der Waals surface area (Å²) in [5.74, 6) is -22.1. The molecular formula is C79H115N25O24S3. The number of nitrogens with two attached hydrogens (primary N) is 2. The highest BCUT2D eigenvalue weighted by molar-refractivity contribution is 7.82. The van der Waals surface area contributed by atoms with E-state index in [2.05, 4.69) is 122 Å². The van der Waals surface area contributed by atoms with E-state index in [1.165, 1.54) is 36.2 Å². The summed E-state index contributed by atoms with van der Waals surface area (Å²) in [6, 6.07) is 0.413. The molecule has 4 aromatic rings. The first-order valence-electron chi connectivity index (χ1n) is 41.7. The van der Waals surface area contributed by atoms with Gasteiger partial charge >= 0.3 is 35.8 Å². The number of nitrogens with one attached hydrogen (secondary N) is 17. The Morgan fingerprint density at radius 3 is 1.40 bits per heavy atom. The molecule has 2 fully saturated rings. The van der Waals surface area contributed by atoms with Crippen LogP contribution >= 0.6 is 37.9 Å². The number of benzene rings is 2. The maximum absolute atomic E-state index is 15.2. The Kier molecular flexibility index (Phi) is 44.0. The molecule has 6 rings (SSSR count). The predicted molar refractivity (Wildman–Crippen MR) is 476 cm³/mol. The molecule has 12 atom stereocenters. The third-order valence-electron chi connectivity index (χ3n) is 20.8. The molecule has 718 valence electrons. The number of aromatic nitrogens is 3. The van der Waals surface area contributed by atoms with E-state index in [0.29, 0.717) is 22.0 Å². The zero-order valence-corrected chi connectivity index (χ0v) is 74.4. The maximum atomic E-state index is 15.2. The Balaban J connectivity index is 1.22. The lowest BCUT2D eigenvalue weighted by Gasteiger charge is -2.33. The lowest BCUT2D eigenvalue weighted by Crippen LogP contribution is -2.61. The first-order chi connectivity index (χ1) is 62.0. The van der Waals surface area contributed by atoms with Crippen molar-refractivity contribution in [1.82, 2.24) is 109 Å². The number of rotatable bonds is 51. The number of aromatic amines is 2. The van der Waals surface area contributed by atoms with Crippen LogP contribution in [0.4, 0.5) is 0 Å². The first kappa shape index (κ1) is 107. The zero-order chi connectivity index (χ0) is 96.7. The van der Waals surface area contributed by atoms with Crippen LogP contribution in [-0.2, 0) is 106 Å². The van der Waals surface area contributed by atoms with Gasteiger partial charge in [0.1, 0.15) is 54.4 Å². The molecule has 2 aliphatic heterocycles. The molecule has 12 amide bonds. The fourth-order valence-electron chi connectivity index (χ4n) is 14.1. The second-order valence-corrected chi connectivity index (χ2v) is 32.8. The van der Waals surface area contributed by atoms with Crippen molar-refractivity contribution in [3.05, 3.63) is 90.1 Å². The molecule has 2 aromatic carbocycles. The van der Waals surface area contributed by atoms with Crippen molar-refractivity contribution in [2.24, 2.45) is 17.4 Å². The van der Waals surface area contributed by atoms with Crippen LogP contribution in [-0.4, -0.2) is 357 Å². The third kappa shape index (κ3) is 37.6. The van der Waals surface area contributed by atoms with Gasteiger partial charge in [-0.25, -0.2) is 9.78 Å². The lowest BCUT2D eigenvalue weighted by molar-refractivity contribution is -0.147. The van der Waals surface area contributed by atoms with Gasteiger partial charge in [-0.05, 0) is 68.1 Å². The molecule has 2 aromatic heterocycles. The number of para-hydroxylation sites is 1. The maximum Gasteiger partial charge on any atom is 0.326 e. The number of carbonyl (C=O) groups is 18. The smallest absolute Gasteiger partial charge is 0.326 e. The summed E-state index contributed by atoms with van der Waals surface area (Å²) in [7, 11) is 0. The zero-order valence-electron chi connectivity index (χ0n) is 71.7. The molecule has 2 saturated heterocycles. The van der Waals surface area contributed by atoms with Crippen molar-refractivity contribution < 1.29 is 117 Å². The number of nitrogens with zero attached hydrogens (tertiary/aromatic N) is 6. The van der Waals surface area contributed by atoms with Gasteiger partial charge in [0.15, 0.2) is 28.0 Å². The molecule has 11 unspecified atom stereocenters. The topological polar surface area (TPSA) is 745 Å². The van der Waals surface area contributed by atoms with Crippen molar-refractivity contribution in [2.45, 2.75) is 161 Å². The third-order valence-corrected chi connectivity index (χ3v) is 21.9. The van der Waals surface area contributed by atoms with Crippen molar-refractivity contribution in [1.29, 1.82) is 10.8 Å². The summed E-state index contributed by atoms with van der Waals surface area (Å²) in [4.78, 5) is 261. The minimum atomic E-state index is -1.87. The number of carboxylic acids is 6. The second kappa shape index (κ2) is 53.9. The number of hydrogen-bond acceptors (Lipinski definition) is 28. The summed E-state index contributed by atoms with van der Waals surface area (Å²) < 4.78 is 0. The van der Waals surface area contributed by atoms with Crippen molar-refractivity contribution in [3.63, 3.8) is 0 Å². The average Bonchev–Trinajstić information content (AvgIpc) is 1.68. The summed E-state index contributed by atoms with van der Waals surface area (Å²) in [5.41, 5.74) is 12.8. The number of imidazole rings is 1. The number of carboxylic acid groups (broad SMARTS) is 6. The van der Waals surface area contributed by atoms with E-state index in [4.69, 9.17) is 22.3 Å². The average molecular weight is 1900 g/mol. The highest BCUT2D eigenvalue weighted by Crippen LogP contribution is 2.23. The fourth-order valence-corrected chi connectivity index (χ4v) is 14.7. The summed E-state index contributed by atoms with van der Waals surface area (Å²) in [5, 5.41) is 101. The number of guanidine groups is 2. The number of carbonyl (C=O) groups excluding carboxylic acids is 12. The van der Waals surface area contributed by atoms with E-state index < -0.39 is 247 Å². The Morgan fingerprint density at radius 2 is 0.901 bits per heavy atom. The SMILES string of the molecule is CC(C)C(NC(=O)C1CCCN1C(=O)C(CCCNC(=N)N)NC(=O)C(S)NC(=O)C(Cc1c[nH]c2ccccc12)NC(=O)C(CCCNC(=N)N)NC(=O)[C@H](Cc1ccccc1)NC(=O)C(Cc1cnc[nH]1)NC(=O)C(CCC(=O)O)NC(=O)C(S)NC(=O)C(S)NC(=O)CN1CCN(CC(=O)O)CCN(CC(=O)O)CCN(CC(=O)O)CC1)C(=O)NC(CC(=O)O)C(=O)O. The Labute approximate surface area is 767 Å². The van der Waals surface area contributed by atoms with Crippen LogP contribution in [0, 0.1) is 16.7 Å². The highest BCUT2D eigenvalue weighted by Gasteiger charge is 2.42. The van der Waals surface area contributed by atoms with Crippen LogP contribution in [0.5, 0.6) is 0 Å². The largest absolute Gasteiger partial charge is 0.481 e. The highest BCUT2D eigenvalue weighted by atomic mass is 32.1. The fraction of sp³-hybridized carbons (Fsp3) is 0.532. The van der Waals surface area contributed by atoms with Gasteiger partial charge in [0.05, 0.1) is 38.9 Å². The lowest BCUT2D eigenvalue weighted by atomic mass is 10.0. The van der Waals surface area contributed by atoms with Gasteiger partial charge < -0.3 is 126 Å². The second-order valence-electron chi connectivity index (χ2n) is 31.3. The van der Waals surface area contributed by atoms with E-state index in [9.17, 15) is 103 Å². The molecule has 4 heterocycles. The number of hydrogen-bond donors (Lipinski definition) is 28. The van der Waals surface area contributed by atoms with Crippen molar-refractivity contribution in [3.8, 4) is 0 Å². The number of thiol groups is 3. The molecular weight excluding hydrogens is 1780 g/mol. The van der Waals surface area contributed by atoms with Crippen LogP contribution in [0.1, 0.15) is 88.5 Å². The van der Waals surface area contributed by atoms with Crippen LogP contribution in [0.15, 0.2) is 73.3 Å². The van der Waals surface area contributed by atoms with E-state index in [1.807, 2.05) is 0 Å². The summed E-state index contributed by atoms with van der Waals surface area (Å²) >= 11 is 12.9. The standard InChI is InChI=1S/C79H115N25O24S3/c1-42(2)62(69(122)95-54(77(127)128)34-58(108)109)97-68(121)55-17-10-22-104(55)76(126)50(16-9-21-86-79(82)83)91-71(124)74(130)98-67(120)52(32-44-35-87-47-14-7-6-13-46(44)47)93-63(116)48(15-8-20-85-78(80)81)89-65(118)51(31-43-11-4-3-5-12-43)92-66(119)53(33-45-36-84-41-88-45)94-64(117)49(18-19-57(106)107)90-70(123)75(131)99-72(125)73(129)96-56(105)37-100-23-25-101(38-59(110)111)27-29-103(40-61(114)115)30-28-102(26-24-100)39-60(112)113/h3-7,11-14,35-36,41-42,48-55,62,73-75,87,129-131H,8-10,15-34,37-40H2,1-2H3,(H,84,88)(H,89,118)(H,90,123)(H,91,124)(H,92,119)(H,93,116)(H,94,117)(H,95,122)(H,96,105)(H,97,121)(H,98,120)(H,99,125)(H,106,107)(H,108,109)(H,110,111)(H,112,113)(H,114,115)(H,127,128)(H4,80,81,85)(H4,82,83,86)/t48?,49?,50?,51-,52?,53?,54?,55?,62?,73?,74?,75?/m0/s1. The Hall–Kier alpha value is -12.9. The first-order valence-corrected chi connectivity index (χ1v) is 43.2. The molecule has 0 bridgehead atoms. The molecule has 27 N–H and O–H groups in total. The normalized spacial score (nSPS) is 16.7. The number of likely N-dealkylation sites (tertiary alicyclic amines) is 1. The minimum absolute atomic E-state index is 0.00534. The van der Waals surface area contributed by atoms with E-state index >= 15 is 14.4 Å². The quantitative estimate of drug-likeness (QED) is 0.00642. The number of fused-ring (bicyclic) bond motifs is 1. The number of H-pyrrole nitrogens is 2. The minimum Gasteiger partial charge on any atom is -0.481 e. The van der Waals surface area contributed by atoms with Gasteiger partial charge in [-0.15, -0.1) is 37.9 Å². The number of amides is 12. The summed E-state index contributed by atoms with van der Waals surface area (Å²) in [6.07, 6.45) is 0.471. The predicted octanol–water partition coefficient (Wildman–Crippen LogP) is -7.01. The molecule has 131 heavy (non-hydrogen) atoms. The van der Waals surface area contributed by atoms with Crippen LogP contribution in [0.25, 0.3) is 10.9 Å². The molecule has 49 nitrogen and oxygen atoms in total. The Morgan fingerprint density at radius 1 is 0.466 bits per heavy atom. The molecule has 0 spiro atoms. The molecule has 2 aliphatic rings. The van der Waals surface area contributed by atoms with Gasteiger partial charge in [-0.3, -0.25) is 112 Å². The van der Waals surface area contributed by atoms with E-state index in [0.717, 1.165) is 4.90 Å². The van der Waals surface area contributed by atoms with Crippen LogP contribution < -0.4 is 80.6 Å². The van der Waals surface area contributed by atoms with Crippen LogP contribution in [0.2, 0.25) is 0 Å². The van der Waals surface area contributed by atoms with Gasteiger partial charge in [0.2, 0.25) is 53.2 Å². The van der Waals surface area contributed by atoms with Crippen LogP contribution in [0.3, 0.4) is 0 Å². The summed E-state index contributed by atoms with van der Waals surface area (Å²) in [6.45, 7) is 1.76.